The van der Waals surface area contributed by atoms with Crippen molar-refractivity contribution in [3.63, 3.8) is 0 Å². The molecule has 134 valence electrons. The number of likely N-dealkylation sites (tertiary alicyclic amines) is 1. The van der Waals surface area contributed by atoms with E-state index in [0.29, 0.717) is 19.8 Å². The predicted octanol–water partition coefficient (Wildman–Crippen LogP) is 1.48. The Kier molecular flexibility index (Phi) is 4.61. The molecule has 1 aromatic carbocycles. The number of hydrogen-bond acceptors (Lipinski definition) is 3. The molecular formula is C19H26N4O2. The molecule has 0 radical (unpaired) electrons. The van der Waals surface area contributed by atoms with Crippen LogP contribution in [0.25, 0.3) is 0 Å². The molecule has 6 nitrogen and oxygen atoms in total. The van der Waals surface area contributed by atoms with Crippen molar-refractivity contribution in [2.75, 3.05) is 32.8 Å². The summed E-state index contributed by atoms with van der Waals surface area (Å²) in [5.74, 6) is 0.453. The van der Waals surface area contributed by atoms with Crippen LogP contribution in [0.4, 0.5) is 4.79 Å². The molecule has 4 rings (SSSR count). The second-order valence-corrected chi connectivity index (χ2v) is 7.44. The van der Waals surface area contributed by atoms with Gasteiger partial charge < -0.3 is 15.1 Å². The van der Waals surface area contributed by atoms with Gasteiger partial charge in [0.15, 0.2) is 0 Å². The van der Waals surface area contributed by atoms with Gasteiger partial charge in [0.2, 0.25) is 5.91 Å². The van der Waals surface area contributed by atoms with E-state index in [9.17, 15) is 9.59 Å². The maximum atomic E-state index is 12.5. The van der Waals surface area contributed by atoms with E-state index in [0.717, 1.165) is 38.9 Å². The van der Waals surface area contributed by atoms with Crippen molar-refractivity contribution in [2.24, 2.45) is 5.92 Å². The molecule has 1 saturated carbocycles. The molecule has 0 spiro atoms. The number of hydrogen-bond donors (Lipinski definition) is 1. The quantitative estimate of drug-likeness (QED) is 0.902. The smallest absolute Gasteiger partial charge is 0.319 e. The van der Waals surface area contributed by atoms with Crippen molar-refractivity contribution in [1.82, 2.24) is 20.0 Å². The van der Waals surface area contributed by atoms with Gasteiger partial charge in [-0.1, -0.05) is 30.3 Å². The Morgan fingerprint density at radius 1 is 1.00 bits per heavy atom. The van der Waals surface area contributed by atoms with Gasteiger partial charge in [0.25, 0.3) is 0 Å². The molecule has 1 N–H and O–H groups in total. The van der Waals surface area contributed by atoms with Gasteiger partial charge in [0.1, 0.15) is 0 Å². The normalized spacial score (nSPS) is 23.9. The van der Waals surface area contributed by atoms with Gasteiger partial charge in [-0.15, -0.1) is 0 Å². The molecule has 1 aliphatic carbocycles. The third-order valence-corrected chi connectivity index (χ3v) is 5.36. The van der Waals surface area contributed by atoms with Gasteiger partial charge in [-0.25, -0.2) is 4.79 Å². The molecule has 1 atom stereocenters. The lowest BCUT2D eigenvalue weighted by Gasteiger charge is -2.22. The second kappa shape index (κ2) is 7.04. The van der Waals surface area contributed by atoms with Gasteiger partial charge >= 0.3 is 6.03 Å². The number of amides is 3. The maximum absolute atomic E-state index is 12.5. The number of nitrogens with zero attached hydrogens (tertiary/aromatic N) is 3. The van der Waals surface area contributed by atoms with E-state index >= 15 is 0 Å². The molecule has 1 aromatic rings. The zero-order valence-electron chi connectivity index (χ0n) is 14.6. The number of carbonyl (C=O) groups is 2. The Morgan fingerprint density at radius 3 is 2.52 bits per heavy atom. The van der Waals surface area contributed by atoms with Gasteiger partial charge in [-0.05, 0) is 24.8 Å². The molecule has 3 amide bonds. The summed E-state index contributed by atoms with van der Waals surface area (Å²) in [6.45, 7) is 4.59. The summed E-state index contributed by atoms with van der Waals surface area (Å²) in [5.41, 5.74) is 1.31. The number of urea groups is 1. The van der Waals surface area contributed by atoms with Crippen molar-refractivity contribution in [2.45, 2.75) is 31.8 Å². The molecule has 3 aliphatic rings. The van der Waals surface area contributed by atoms with Crippen LogP contribution in [0.2, 0.25) is 0 Å². The molecule has 1 unspecified atom stereocenters. The molecule has 2 heterocycles. The third-order valence-electron chi connectivity index (χ3n) is 5.36. The Morgan fingerprint density at radius 2 is 1.76 bits per heavy atom. The molecule has 2 aliphatic heterocycles. The first-order valence-corrected chi connectivity index (χ1v) is 9.29. The standard InChI is InChI=1S/C19H26N4O2/c24-18(16-6-7-16)22-10-11-23(14-22)19(25)20-17-8-9-21(13-17)12-15-4-2-1-3-5-15/h1-5,16-17H,6-14H2,(H,20,25). The monoisotopic (exact) mass is 342 g/mol. The summed E-state index contributed by atoms with van der Waals surface area (Å²) in [6.07, 6.45) is 3.01. The number of benzene rings is 1. The Balaban J connectivity index is 1.23. The lowest BCUT2D eigenvalue weighted by molar-refractivity contribution is -0.131. The van der Waals surface area contributed by atoms with Crippen LogP contribution in [0, 0.1) is 5.92 Å². The van der Waals surface area contributed by atoms with Gasteiger partial charge in [0.05, 0.1) is 6.67 Å². The fraction of sp³-hybridized carbons (Fsp3) is 0.579. The van der Waals surface area contributed by atoms with Crippen LogP contribution in [-0.4, -0.2) is 65.5 Å². The van der Waals surface area contributed by atoms with Crippen LogP contribution < -0.4 is 5.32 Å². The number of rotatable bonds is 4. The fourth-order valence-corrected chi connectivity index (χ4v) is 3.72. The maximum Gasteiger partial charge on any atom is 0.319 e. The molecule has 2 saturated heterocycles. The van der Waals surface area contributed by atoms with Crippen LogP contribution in [0.15, 0.2) is 30.3 Å². The summed E-state index contributed by atoms with van der Waals surface area (Å²) in [7, 11) is 0. The second-order valence-electron chi connectivity index (χ2n) is 7.44. The van der Waals surface area contributed by atoms with E-state index in [1.165, 1.54) is 5.56 Å². The molecule has 6 heteroatoms. The minimum atomic E-state index is -0.0299. The van der Waals surface area contributed by atoms with Crippen LogP contribution in [0.5, 0.6) is 0 Å². The number of nitrogens with one attached hydrogen (secondary N) is 1. The average molecular weight is 342 g/mol. The average Bonchev–Trinajstić information content (AvgIpc) is 3.19. The van der Waals surface area contributed by atoms with E-state index in [1.54, 1.807) is 4.90 Å². The highest BCUT2D eigenvalue weighted by atomic mass is 16.2. The Hall–Kier alpha value is -2.08. The molecule has 0 aromatic heterocycles. The largest absolute Gasteiger partial charge is 0.334 e. The Bertz CT molecular complexity index is 632. The highest BCUT2D eigenvalue weighted by Gasteiger charge is 2.37. The fourth-order valence-electron chi connectivity index (χ4n) is 3.72. The van der Waals surface area contributed by atoms with Crippen molar-refractivity contribution >= 4 is 11.9 Å². The lowest BCUT2D eigenvalue weighted by atomic mass is 10.2. The first-order chi connectivity index (χ1) is 12.2. The summed E-state index contributed by atoms with van der Waals surface area (Å²) < 4.78 is 0. The topological polar surface area (TPSA) is 55.9 Å². The molecular weight excluding hydrogens is 316 g/mol. The summed E-state index contributed by atoms with van der Waals surface area (Å²) in [6, 6.07) is 10.6. The van der Waals surface area contributed by atoms with E-state index < -0.39 is 0 Å². The van der Waals surface area contributed by atoms with Gasteiger partial charge in [0, 0.05) is 44.7 Å². The van der Waals surface area contributed by atoms with Crippen molar-refractivity contribution < 1.29 is 9.59 Å². The van der Waals surface area contributed by atoms with Gasteiger partial charge in [-0.3, -0.25) is 9.69 Å². The van der Waals surface area contributed by atoms with E-state index in [4.69, 9.17) is 0 Å². The lowest BCUT2D eigenvalue weighted by Crippen LogP contribution is -2.45. The van der Waals surface area contributed by atoms with Crippen LogP contribution >= 0.6 is 0 Å². The minimum absolute atomic E-state index is 0.0299. The van der Waals surface area contributed by atoms with E-state index in [2.05, 4.69) is 34.5 Å². The van der Waals surface area contributed by atoms with E-state index in [1.807, 2.05) is 11.0 Å². The van der Waals surface area contributed by atoms with Crippen molar-refractivity contribution in [3.05, 3.63) is 35.9 Å². The predicted molar refractivity (Wildman–Crippen MR) is 94.7 cm³/mol. The summed E-state index contributed by atoms with van der Waals surface area (Å²) in [4.78, 5) is 30.5. The SMILES string of the molecule is O=C(NC1CCN(Cc2ccccc2)C1)N1CCN(C(=O)C2CC2)C1. The third kappa shape index (κ3) is 3.95. The summed E-state index contributed by atoms with van der Waals surface area (Å²) in [5, 5.41) is 3.15. The van der Waals surface area contributed by atoms with Crippen molar-refractivity contribution in [1.29, 1.82) is 0 Å². The highest BCUT2D eigenvalue weighted by Crippen LogP contribution is 2.31. The van der Waals surface area contributed by atoms with Crippen LogP contribution in [0.1, 0.15) is 24.8 Å². The molecule has 0 bridgehead atoms. The number of carbonyl (C=O) groups excluding carboxylic acids is 2. The van der Waals surface area contributed by atoms with Crippen molar-refractivity contribution in [3.8, 4) is 0 Å². The zero-order valence-corrected chi connectivity index (χ0v) is 14.6. The minimum Gasteiger partial charge on any atom is -0.334 e. The zero-order chi connectivity index (χ0) is 17.2. The first kappa shape index (κ1) is 16.4. The van der Waals surface area contributed by atoms with E-state index in [-0.39, 0.29) is 23.9 Å². The molecule has 25 heavy (non-hydrogen) atoms. The molecule has 3 fully saturated rings. The van der Waals surface area contributed by atoms with Crippen LogP contribution in [0.3, 0.4) is 0 Å². The highest BCUT2D eigenvalue weighted by molar-refractivity contribution is 5.82. The summed E-state index contributed by atoms with van der Waals surface area (Å²) >= 11 is 0. The Labute approximate surface area is 148 Å². The van der Waals surface area contributed by atoms with Crippen LogP contribution in [-0.2, 0) is 11.3 Å². The first-order valence-electron chi connectivity index (χ1n) is 9.29. The van der Waals surface area contributed by atoms with Gasteiger partial charge in [-0.2, -0.15) is 0 Å².